The summed E-state index contributed by atoms with van der Waals surface area (Å²) in [5.41, 5.74) is 0.464. The number of esters is 2. The SMILES string of the molecule is CCC(=O)O[C@@H]1CC(=O)NC(/C=C/Cc2ccnc3ccccc23)CCN(C)C[C@H](O)[C@H](C)C[C@H](CC=O)[C@H](O[C@@H]2OC(C)[C@@H](O[C@H]3CC(C)(O)[C@@H](OC(=O)CC)C(C)O3)C(N(C)C)C2O)[C@H]1OC. The van der Waals surface area contributed by atoms with Crippen LogP contribution in [0.15, 0.2) is 48.7 Å². The van der Waals surface area contributed by atoms with Crippen molar-refractivity contribution in [2.45, 2.75) is 178 Å². The number of carbonyl (C=O) groups is 4. The topological polar surface area (TPSA) is 225 Å². The number of aliphatic hydroxyl groups is 3. The highest BCUT2D eigenvalue weighted by Gasteiger charge is 2.53. The number of hydrogen-bond acceptors (Lipinski definition) is 17. The van der Waals surface area contributed by atoms with E-state index in [0.29, 0.717) is 25.9 Å². The van der Waals surface area contributed by atoms with Gasteiger partial charge >= 0.3 is 11.9 Å². The Labute approximate surface area is 407 Å². The lowest BCUT2D eigenvalue weighted by atomic mass is 9.82. The molecule has 0 bridgehead atoms. The monoisotopic (exact) mass is 971 g/mol. The minimum Gasteiger partial charge on any atom is -0.459 e. The summed E-state index contributed by atoms with van der Waals surface area (Å²) < 4.78 is 43.7. The molecule has 18 nitrogen and oxygen atoms in total. The molecule has 1 aromatic carbocycles. The number of allylic oxidation sites excluding steroid dienone is 1. The number of β-amino-alcohol motifs (C(OH)–C–C–N with tert-alkyl or cyclic N) is 1. The summed E-state index contributed by atoms with van der Waals surface area (Å²) in [7, 11) is 6.83. The Morgan fingerprint density at radius 2 is 1.71 bits per heavy atom. The molecule has 1 amide bonds. The molecule has 16 atom stereocenters. The average Bonchev–Trinajstić information content (AvgIpc) is 3.29. The second-order valence-electron chi connectivity index (χ2n) is 19.5. The molecule has 5 rings (SSSR count). The van der Waals surface area contributed by atoms with Gasteiger partial charge in [-0.05, 0) is 90.7 Å². The highest BCUT2D eigenvalue weighted by molar-refractivity contribution is 5.82. The van der Waals surface area contributed by atoms with E-state index < -0.39 is 109 Å². The van der Waals surface area contributed by atoms with Crippen LogP contribution in [0.5, 0.6) is 0 Å². The third-order valence-electron chi connectivity index (χ3n) is 13.7. The van der Waals surface area contributed by atoms with Crippen molar-refractivity contribution in [2.75, 3.05) is 41.3 Å². The lowest BCUT2D eigenvalue weighted by Crippen LogP contribution is -2.66. The number of methoxy groups -OCH3 is 1. The molecule has 0 aliphatic carbocycles. The van der Waals surface area contributed by atoms with Gasteiger partial charge in [0.05, 0.1) is 42.4 Å². The zero-order valence-corrected chi connectivity index (χ0v) is 42.1. The van der Waals surface area contributed by atoms with Crippen molar-refractivity contribution >= 4 is 35.0 Å². The van der Waals surface area contributed by atoms with Gasteiger partial charge in [-0.25, -0.2) is 0 Å². The van der Waals surface area contributed by atoms with Crippen LogP contribution in [0, 0.1) is 11.8 Å². The number of para-hydroxylation sites is 1. The van der Waals surface area contributed by atoms with Gasteiger partial charge in [0.2, 0.25) is 5.91 Å². The van der Waals surface area contributed by atoms with E-state index in [-0.39, 0.29) is 44.4 Å². The molecule has 0 spiro atoms. The number of amides is 1. The van der Waals surface area contributed by atoms with E-state index in [2.05, 4.69) is 10.3 Å². The van der Waals surface area contributed by atoms with E-state index in [1.807, 2.05) is 61.4 Å². The number of aldehydes is 1. The quantitative estimate of drug-likeness (QED) is 0.114. The van der Waals surface area contributed by atoms with Crippen molar-refractivity contribution in [1.29, 1.82) is 0 Å². The maximum absolute atomic E-state index is 14.2. The van der Waals surface area contributed by atoms with Gasteiger partial charge in [-0.2, -0.15) is 0 Å². The fourth-order valence-electron chi connectivity index (χ4n) is 9.94. The van der Waals surface area contributed by atoms with Gasteiger partial charge in [0.15, 0.2) is 18.7 Å². The van der Waals surface area contributed by atoms with E-state index >= 15 is 0 Å². The smallest absolute Gasteiger partial charge is 0.305 e. The highest BCUT2D eigenvalue weighted by atomic mass is 16.7. The third-order valence-corrected chi connectivity index (χ3v) is 13.7. The van der Waals surface area contributed by atoms with Gasteiger partial charge in [0.25, 0.3) is 0 Å². The third kappa shape index (κ3) is 15.0. The zero-order valence-electron chi connectivity index (χ0n) is 42.1. The Morgan fingerprint density at radius 1 is 1.00 bits per heavy atom. The summed E-state index contributed by atoms with van der Waals surface area (Å²) in [6.45, 7) is 11.0. The first-order valence-corrected chi connectivity index (χ1v) is 24.5. The standard InChI is InChI=1S/C51H78N4O14/c1-11-41(59)66-39-27-40(58)53-35(17-15-16-33-20-23-52-37-19-14-13-18-36(33)37)21-24-55(9)29-38(57)30(3)26-34(22-25-56)47(48(39)63-10)69-50-45(61)44(54(7)8)46(31(4)65-50)68-43-28-51(6,62)49(32(5)64-43)67-42(60)12-2/h13-15,17-20,23,25,30-32,34-35,38-39,43-50,57,61-62H,11-12,16,21-22,24,26-29H2,1-10H3,(H,53,58)/b17-15+/t30-,31?,32?,34+,35?,38+,39-,43+,44?,45?,46-,47+,48+,49+,50+,51?/m1/s1. The number of nitrogens with one attached hydrogen (secondary N) is 1. The minimum absolute atomic E-state index is 0.000211. The number of aliphatic hydroxyl groups excluding tert-OH is 2. The van der Waals surface area contributed by atoms with E-state index in [0.717, 1.165) is 22.8 Å². The van der Waals surface area contributed by atoms with Crippen LogP contribution in [-0.4, -0.2) is 181 Å². The molecule has 4 N–H and O–H groups in total. The summed E-state index contributed by atoms with van der Waals surface area (Å²) in [6, 6.07) is 8.65. The van der Waals surface area contributed by atoms with Crippen molar-refractivity contribution < 1.29 is 67.7 Å². The molecular formula is C51H78N4O14. The Morgan fingerprint density at radius 3 is 2.38 bits per heavy atom. The largest absolute Gasteiger partial charge is 0.459 e. The summed E-state index contributed by atoms with van der Waals surface area (Å²) in [5.74, 6) is -2.55. The predicted octanol–water partition coefficient (Wildman–Crippen LogP) is 3.49. The van der Waals surface area contributed by atoms with Crippen molar-refractivity contribution in [3.8, 4) is 0 Å². The first-order valence-electron chi connectivity index (χ1n) is 24.5. The Bertz CT molecular complexity index is 2000. The molecule has 2 aromatic rings. The second kappa shape index (κ2) is 26.0. The number of ether oxygens (including phenoxy) is 7. The van der Waals surface area contributed by atoms with Gasteiger partial charge in [0, 0.05) is 63.5 Å². The number of hydrogen-bond donors (Lipinski definition) is 4. The number of carbonyl (C=O) groups excluding carboxylic acids is 4. The molecular weight excluding hydrogens is 893 g/mol. The molecule has 1 aromatic heterocycles. The minimum atomic E-state index is -1.50. The van der Waals surface area contributed by atoms with Crippen LogP contribution in [0.1, 0.15) is 92.1 Å². The molecule has 0 saturated carbocycles. The number of fused-ring (bicyclic) bond motifs is 1. The molecule has 69 heavy (non-hydrogen) atoms. The molecule has 6 unspecified atom stereocenters. The summed E-state index contributed by atoms with van der Waals surface area (Å²) in [4.78, 5) is 60.4. The molecule has 3 saturated heterocycles. The van der Waals surface area contributed by atoms with Crippen LogP contribution in [0.2, 0.25) is 0 Å². The fraction of sp³-hybridized carbons (Fsp3) is 0.706. The number of aromatic nitrogens is 1. The molecule has 4 heterocycles. The van der Waals surface area contributed by atoms with Crippen molar-refractivity contribution in [2.24, 2.45) is 11.8 Å². The van der Waals surface area contributed by atoms with Gasteiger partial charge < -0.3 is 68.4 Å². The van der Waals surface area contributed by atoms with Crippen LogP contribution >= 0.6 is 0 Å². The maximum Gasteiger partial charge on any atom is 0.305 e. The number of pyridine rings is 1. The number of likely N-dealkylation sites (N-methyl/N-ethyl adjacent to an activating group) is 2. The Balaban J connectivity index is 1.45. The van der Waals surface area contributed by atoms with Gasteiger partial charge in [-0.15, -0.1) is 0 Å². The molecule has 386 valence electrons. The second-order valence-corrected chi connectivity index (χ2v) is 19.5. The molecule has 3 fully saturated rings. The Hall–Kier alpha value is -3.95. The van der Waals surface area contributed by atoms with E-state index in [1.165, 1.54) is 7.11 Å². The summed E-state index contributed by atoms with van der Waals surface area (Å²) in [6.07, 6.45) is -3.84. The lowest BCUT2D eigenvalue weighted by Gasteiger charge is -2.50. The number of nitrogens with zero attached hydrogens (tertiary/aromatic N) is 3. The van der Waals surface area contributed by atoms with Crippen LogP contribution < -0.4 is 5.32 Å². The first kappa shape index (κ1) is 56.0. The van der Waals surface area contributed by atoms with Crippen molar-refractivity contribution in [3.05, 3.63) is 54.2 Å². The van der Waals surface area contributed by atoms with Gasteiger partial charge in [0.1, 0.15) is 36.3 Å². The molecule has 3 aliphatic rings. The average molecular weight is 971 g/mol. The van der Waals surface area contributed by atoms with Crippen molar-refractivity contribution in [1.82, 2.24) is 20.1 Å². The van der Waals surface area contributed by atoms with E-state index in [1.54, 1.807) is 59.8 Å². The predicted molar refractivity (Wildman–Crippen MR) is 255 cm³/mol. The summed E-state index contributed by atoms with van der Waals surface area (Å²) >= 11 is 0. The Kier molecular flexibility index (Phi) is 21.1. The number of rotatable bonds is 15. The lowest BCUT2D eigenvalue weighted by molar-refractivity contribution is -0.344. The van der Waals surface area contributed by atoms with Crippen LogP contribution in [-0.2, 0) is 58.8 Å². The fourth-order valence-corrected chi connectivity index (χ4v) is 9.94. The van der Waals surface area contributed by atoms with Gasteiger partial charge in [-0.1, -0.05) is 51.1 Å². The summed E-state index contributed by atoms with van der Waals surface area (Å²) in [5, 5.41) is 39.5. The molecule has 0 radical (unpaired) electrons. The van der Waals surface area contributed by atoms with E-state index in [9.17, 15) is 34.5 Å². The zero-order chi connectivity index (χ0) is 50.6. The van der Waals surface area contributed by atoms with Gasteiger partial charge in [-0.3, -0.25) is 19.4 Å². The maximum atomic E-state index is 14.2. The van der Waals surface area contributed by atoms with Crippen molar-refractivity contribution in [3.63, 3.8) is 0 Å². The van der Waals surface area contributed by atoms with Crippen LogP contribution in [0.3, 0.4) is 0 Å². The first-order chi connectivity index (χ1) is 32.8. The molecule has 3 aliphatic heterocycles. The molecule has 18 heteroatoms. The van der Waals surface area contributed by atoms with Crippen LogP contribution in [0.4, 0.5) is 0 Å². The highest BCUT2D eigenvalue weighted by Crippen LogP contribution is 2.38. The van der Waals surface area contributed by atoms with Crippen LogP contribution in [0.25, 0.3) is 10.9 Å². The number of benzene rings is 1. The normalized spacial score (nSPS) is 35.8. The van der Waals surface area contributed by atoms with E-state index in [4.69, 9.17) is 33.2 Å².